The number of amides is 1. The van der Waals surface area contributed by atoms with Crippen molar-refractivity contribution in [2.45, 2.75) is 38.0 Å². The molecular weight excluding hydrogens is 352 g/mol. The van der Waals surface area contributed by atoms with Crippen molar-refractivity contribution in [1.82, 2.24) is 20.1 Å². The molecule has 1 aromatic carbocycles. The number of hydrogen-bond acceptors (Lipinski definition) is 3. The molecule has 3 atom stereocenters. The number of carbonyl (C=O) groups is 1. The van der Waals surface area contributed by atoms with Crippen molar-refractivity contribution in [3.63, 3.8) is 0 Å². The molecule has 7 heteroatoms. The highest BCUT2D eigenvalue weighted by molar-refractivity contribution is 6.31. The molecule has 0 spiro atoms. The van der Waals surface area contributed by atoms with Crippen molar-refractivity contribution in [3.8, 4) is 0 Å². The van der Waals surface area contributed by atoms with Crippen LogP contribution in [-0.4, -0.2) is 37.9 Å². The number of aliphatic hydroxyl groups excluding tert-OH is 1. The second kappa shape index (κ2) is 7.13. The van der Waals surface area contributed by atoms with E-state index in [-0.39, 0.29) is 18.4 Å². The summed E-state index contributed by atoms with van der Waals surface area (Å²) in [7, 11) is 0. The fourth-order valence-corrected chi connectivity index (χ4v) is 3.97. The van der Waals surface area contributed by atoms with Crippen molar-refractivity contribution in [3.05, 3.63) is 53.4 Å². The first-order valence-corrected chi connectivity index (χ1v) is 9.16. The standard InChI is InChI=1S/C19H21ClN4O2/c20-14-2-3-16-13(8-14)9-15(22-16)10-19(26)23-17-6-12(7-18(17)25)11-24-5-1-4-21-24/h1-5,8-9,12,17-18,22,25H,6-7,10-11H2,(H,23,26)/t12?,17-,18-/m1/s1. The van der Waals surface area contributed by atoms with Gasteiger partial charge in [0.1, 0.15) is 0 Å². The Morgan fingerprint density at radius 1 is 1.38 bits per heavy atom. The van der Waals surface area contributed by atoms with Gasteiger partial charge in [0.05, 0.1) is 18.6 Å². The number of benzene rings is 1. The van der Waals surface area contributed by atoms with Crippen LogP contribution in [0.15, 0.2) is 42.7 Å². The normalized spacial score (nSPS) is 22.8. The maximum absolute atomic E-state index is 12.4. The quantitative estimate of drug-likeness (QED) is 0.643. The van der Waals surface area contributed by atoms with E-state index in [1.165, 1.54) is 0 Å². The molecule has 0 saturated heterocycles. The van der Waals surface area contributed by atoms with Crippen LogP contribution in [0.5, 0.6) is 0 Å². The van der Waals surface area contributed by atoms with E-state index in [1.807, 2.05) is 41.2 Å². The SMILES string of the molecule is O=C(Cc1cc2cc(Cl)ccc2[nH]1)N[C@@H]1CC(Cn2cccn2)C[C@H]1O. The molecule has 1 fully saturated rings. The topological polar surface area (TPSA) is 82.9 Å². The molecule has 2 heterocycles. The average molecular weight is 373 g/mol. The number of carbonyl (C=O) groups excluding carboxylic acids is 1. The predicted octanol–water partition coefficient (Wildman–Crippen LogP) is 2.52. The Kier molecular flexibility index (Phi) is 4.70. The van der Waals surface area contributed by atoms with Crippen LogP contribution in [0, 0.1) is 5.92 Å². The molecule has 1 aliphatic rings. The zero-order chi connectivity index (χ0) is 18.1. The number of aromatic amines is 1. The lowest BCUT2D eigenvalue weighted by Crippen LogP contribution is -2.40. The molecule has 0 radical (unpaired) electrons. The minimum absolute atomic E-state index is 0.0913. The number of rotatable bonds is 5. The highest BCUT2D eigenvalue weighted by atomic mass is 35.5. The van der Waals surface area contributed by atoms with E-state index in [9.17, 15) is 9.90 Å². The van der Waals surface area contributed by atoms with Gasteiger partial charge in [-0.1, -0.05) is 11.6 Å². The van der Waals surface area contributed by atoms with Crippen LogP contribution in [0.1, 0.15) is 18.5 Å². The van der Waals surface area contributed by atoms with Gasteiger partial charge in [0.15, 0.2) is 0 Å². The first kappa shape index (κ1) is 17.1. The van der Waals surface area contributed by atoms with Gasteiger partial charge in [0.25, 0.3) is 0 Å². The van der Waals surface area contributed by atoms with Crippen LogP contribution in [0.3, 0.4) is 0 Å². The van der Waals surface area contributed by atoms with E-state index >= 15 is 0 Å². The summed E-state index contributed by atoms with van der Waals surface area (Å²) in [5.74, 6) is 0.219. The van der Waals surface area contributed by atoms with E-state index in [0.29, 0.717) is 17.4 Å². The average Bonchev–Trinajstić information content (AvgIpc) is 3.29. The van der Waals surface area contributed by atoms with Gasteiger partial charge in [-0.3, -0.25) is 9.48 Å². The van der Waals surface area contributed by atoms with Crippen LogP contribution >= 0.6 is 11.6 Å². The number of fused-ring (bicyclic) bond motifs is 1. The van der Waals surface area contributed by atoms with Gasteiger partial charge in [-0.2, -0.15) is 5.10 Å². The summed E-state index contributed by atoms with van der Waals surface area (Å²) in [5, 5.41) is 19.1. The Morgan fingerprint density at radius 3 is 3.08 bits per heavy atom. The third-order valence-corrected chi connectivity index (χ3v) is 5.20. The lowest BCUT2D eigenvalue weighted by Gasteiger charge is -2.16. The van der Waals surface area contributed by atoms with E-state index < -0.39 is 6.10 Å². The monoisotopic (exact) mass is 372 g/mol. The van der Waals surface area contributed by atoms with E-state index in [0.717, 1.165) is 29.6 Å². The summed E-state index contributed by atoms with van der Waals surface area (Å²) in [6.45, 7) is 0.763. The Bertz CT molecular complexity index is 906. The zero-order valence-electron chi connectivity index (χ0n) is 14.2. The third-order valence-electron chi connectivity index (χ3n) is 4.97. The van der Waals surface area contributed by atoms with Gasteiger partial charge in [-0.15, -0.1) is 0 Å². The largest absolute Gasteiger partial charge is 0.391 e. The van der Waals surface area contributed by atoms with Crippen molar-refractivity contribution >= 4 is 28.4 Å². The molecule has 3 N–H and O–H groups in total. The van der Waals surface area contributed by atoms with Crippen LogP contribution in [-0.2, 0) is 17.8 Å². The van der Waals surface area contributed by atoms with Gasteiger partial charge in [0.2, 0.25) is 5.91 Å². The van der Waals surface area contributed by atoms with Gasteiger partial charge in [-0.25, -0.2) is 0 Å². The molecule has 3 aromatic rings. The Morgan fingerprint density at radius 2 is 2.27 bits per heavy atom. The molecule has 6 nitrogen and oxygen atoms in total. The second-order valence-corrected chi connectivity index (χ2v) is 7.45. The number of halogens is 1. The minimum Gasteiger partial charge on any atom is -0.391 e. The lowest BCUT2D eigenvalue weighted by molar-refractivity contribution is -0.121. The van der Waals surface area contributed by atoms with Crippen LogP contribution < -0.4 is 5.32 Å². The summed E-state index contributed by atoms with van der Waals surface area (Å²) in [6.07, 6.45) is 4.84. The van der Waals surface area contributed by atoms with Gasteiger partial charge < -0.3 is 15.4 Å². The summed E-state index contributed by atoms with van der Waals surface area (Å²) >= 11 is 6.00. The molecule has 0 bridgehead atoms. The van der Waals surface area contributed by atoms with Gasteiger partial charge in [0, 0.05) is 40.6 Å². The van der Waals surface area contributed by atoms with Crippen molar-refractivity contribution in [2.75, 3.05) is 0 Å². The number of hydrogen-bond donors (Lipinski definition) is 3. The molecule has 1 unspecified atom stereocenters. The molecule has 0 aliphatic heterocycles. The fraction of sp³-hybridized carbons (Fsp3) is 0.368. The highest BCUT2D eigenvalue weighted by Crippen LogP contribution is 2.27. The fourth-order valence-electron chi connectivity index (χ4n) is 3.79. The highest BCUT2D eigenvalue weighted by Gasteiger charge is 2.34. The molecular formula is C19H21ClN4O2. The van der Waals surface area contributed by atoms with Crippen LogP contribution in [0.25, 0.3) is 10.9 Å². The Labute approximate surface area is 156 Å². The van der Waals surface area contributed by atoms with Gasteiger partial charge >= 0.3 is 0 Å². The first-order valence-electron chi connectivity index (χ1n) is 8.79. The second-order valence-electron chi connectivity index (χ2n) is 7.01. The maximum atomic E-state index is 12.4. The predicted molar refractivity (Wildman–Crippen MR) is 99.9 cm³/mol. The Hall–Kier alpha value is -2.31. The number of aromatic nitrogens is 3. The number of H-pyrrole nitrogens is 1. The molecule has 1 amide bonds. The smallest absolute Gasteiger partial charge is 0.226 e. The molecule has 26 heavy (non-hydrogen) atoms. The van der Waals surface area contributed by atoms with Crippen molar-refractivity contribution in [2.24, 2.45) is 5.92 Å². The minimum atomic E-state index is -0.513. The van der Waals surface area contributed by atoms with Crippen LogP contribution in [0.2, 0.25) is 5.02 Å². The summed E-state index contributed by atoms with van der Waals surface area (Å²) in [4.78, 5) is 15.6. The van der Waals surface area contributed by atoms with Crippen LogP contribution in [0.4, 0.5) is 0 Å². The lowest BCUT2D eigenvalue weighted by atomic mass is 10.1. The number of nitrogens with zero attached hydrogens (tertiary/aromatic N) is 2. The van der Waals surface area contributed by atoms with E-state index in [1.54, 1.807) is 6.20 Å². The summed E-state index contributed by atoms with van der Waals surface area (Å²) < 4.78 is 1.87. The summed E-state index contributed by atoms with van der Waals surface area (Å²) in [5.41, 5.74) is 1.79. The Balaban J connectivity index is 1.35. The van der Waals surface area contributed by atoms with Crippen molar-refractivity contribution < 1.29 is 9.90 Å². The van der Waals surface area contributed by atoms with E-state index in [2.05, 4.69) is 15.4 Å². The van der Waals surface area contributed by atoms with E-state index in [4.69, 9.17) is 11.6 Å². The maximum Gasteiger partial charge on any atom is 0.226 e. The molecule has 1 saturated carbocycles. The first-order chi connectivity index (χ1) is 12.6. The third kappa shape index (κ3) is 3.76. The molecule has 136 valence electrons. The van der Waals surface area contributed by atoms with Crippen molar-refractivity contribution in [1.29, 1.82) is 0 Å². The molecule has 2 aromatic heterocycles. The molecule has 1 aliphatic carbocycles. The van der Waals surface area contributed by atoms with Gasteiger partial charge in [-0.05, 0) is 49.1 Å². The number of aliphatic hydroxyl groups is 1. The zero-order valence-corrected chi connectivity index (χ0v) is 15.0. The number of nitrogens with one attached hydrogen (secondary N) is 2. The molecule has 4 rings (SSSR count). The summed E-state index contributed by atoms with van der Waals surface area (Å²) in [6, 6.07) is 9.21.